The lowest BCUT2D eigenvalue weighted by atomic mass is 10.1. The van der Waals surface area contributed by atoms with Crippen LogP contribution in [-0.2, 0) is 17.9 Å². The van der Waals surface area contributed by atoms with Crippen LogP contribution in [0, 0.1) is 0 Å². The number of nitrogens with one attached hydrogen (secondary N) is 1. The molecule has 134 valence electrons. The zero-order valence-electron chi connectivity index (χ0n) is 15.4. The number of hydrogen-bond acceptors (Lipinski definition) is 4. The number of benzene rings is 1. The summed E-state index contributed by atoms with van der Waals surface area (Å²) in [6, 6.07) is 8.97. The van der Waals surface area contributed by atoms with Crippen LogP contribution >= 0.6 is 0 Å². The Balaban J connectivity index is 1.61. The van der Waals surface area contributed by atoms with E-state index >= 15 is 0 Å². The van der Waals surface area contributed by atoms with Gasteiger partial charge in [0.2, 0.25) is 0 Å². The Bertz CT molecular complexity index is 478. The summed E-state index contributed by atoms with van der Waals surface area (Å²) in [5.74, 6) is 0.322. The molecule has 0 spiro atoms. The molecule has 0 bridgehead atoms. The van der Waals surface area contributed by atoms with Crippen molar-refractivity contribution < 1.29 is 4.79 Å². The van der Waals surface area contributed by atoms with E-state index in [1.807, 2.05) is 7.05 Å². The number of unbranched alkanes of at least 4 members (excludes halogenated alkanes) is 2. The molecule has 1 aliphatic heterocycles. The zero-order chi connectivity index (χ0) is 17.2. The molecule has 1 aliphatic rings. The van der Waals surface area contributed by atoms with Crippen molar-refractivity contribution in [1.29, 1.82) is 0 Å². The molecule has 0 amide bonds. The van der Waals surface area contributed by atoms with Gasteiger partial charge in [-0.05, 0) is 44.5 Å². The highest BCUT2D eigenvalue weighted by Gasteiger charge is 2.16. The minimum atomic E-state index is 0.322. The molecular formula is C20H33N3O. The number of piperazine rings is 1. The summed E-state index contributed by atoms with van der Waals surface area (Å²) < 4.78 is 0. The van der Waals surface area contributed by atoms with Gasteiger partial charge in [0.1, 0.15) is 5.78 Å². The minimum absolute atomic E-state index is 0.322. The number of rotatable bonds is 10. The third kappa shape index (κ3) is 7.12. The summed E-state index contributed by atoms with van der Waals surface area (Å²) in [7, 11) is 1.98. The molecule has 4 nitrogen and oxygen atoms in total. The predicted octanol–water partition coefficient (Wildman–Crippen LogP) is 2.67. The van der Waals surface area contributed by atoms with Gasteiger partial charge in [0, 0.05) is 45.7 Å². The van der Waals surface area contributed by atoms with Crippen molar-refractivity contribution in [3.05, 3.63) is 35.4 Å². The molecule has 0 atom stereocenters. The standard InChI is InChI=1S/C20H33N3O/c1-18(24)6-4-3-5-11-22-12-14-23(15-13-22)17-20-9-7-19(8-10-20)16-21-2/h7-10,21H,3-6,11-17H2,1-2H3. The summed E-state index contributed by atoms with van der Waals surface area (Å²) in [6.07, 6.45) is 4.21. The minimum Gasteiger partial charge on any atom is -0.316 e. The Hall–Kier alpha value is -1.23. The van der Waals surface area contributed by atoms with Gasteiger partial charge in [0.05, 0.1) is 0 Å². The molecule has 0 saturated carbocycles. The van der Waals surface area contributed by atoms with E-state index < -0.39 is 0 Å². The van der Waals surface area contributed by atoms with Crippen LogP contribution < -0.4 is 5.32 Å². The van der Waals surface area contributed by atoms with Crippen LogP contribution in [0.3, 0.4) is 0 Å². The number of nitrogens with zero attached hydrogens (tertiary/aromatic N) is 2. The Morgan fingerprint density at radius 2 is 1.58 bits per heavy atom. The maximum Gasteiger partial charge on any atom is 0.129 e. The molecule has 0 aromatic heterocycles. The van der Waals surface area contributed by atoms with E-state index in [2.05, 4.69) is 39.4 Å². The SMILES string of the molecule is CNCc1ccc(CN2CCN(CCCCCC(C)=O)CC2)cc1. The summed E-state index contributed by atoms with van der Waals surface area (Å²) in [5, 5.41) is 3.19. The van der Waals surface area contributed by atoms with Crippen LogP contribution in [0.5, 0.6) is 0 Å². The Morgan fingerprint density at radius 1 is 0.958 bits per heavy atom. The number of Topliss-reactive ketones (excluding diaryl/α,β-unsaturated/α-hetero) is 1. The van der Waals surface area contributed by atoms with Gasteiger partial charge in [-0.25, -0.2) is 0 Å². The molecule has 1 saturated heterocycles. The maximum absolute atomic E-state index is 10.9. The second kappa shape index (κ2) is 10.6. The number of hydrogen-bond donors (Lipinski definition) is 1. The molecule has 2 rings (SSSR count). The Morgan fingerprint density at radius 3 is 2.21 bits per heavy atom. The summed E-state index contributed by atoms with van der Waals surface area (Å²) in [6.45, 7) is 9.53. The van der Waals surface area contributed by atoms with Gasteiger partial charge in [-0.3, -0.25) is 4.90 Å². The Labute approximate surface area is 147 Å². The topological polar surface area (TPSA) is 35.6 Å². The molecular weight excluding hydrogens is 298 g/mol. The van der Waals surface area contributed by atoms with Crippen molar-refractivity contribution in [1.82, 2.24) is 15.1 Å². The van der Waals surface area contributed by atoms with Crippen LogP contribution in [0.1, 0.15) is 43.7 Å². The van der Waals surface area contributed by atoms with E-state index in [1.165, 1.54) is 43.6 Å². The molecule has 1 aromatic carbocycles. The molecule has 4 heteroatoms. The highest BCUT2D eigenvalue weighted by molar-refractivity contribution is 5.75. The first kappa shape index (κ1) is 19.1. The highest BCUT2D eigenvalue weighted by Crippen LogP contribution is 2.11. The fourth-order valence-corrected chi connectivity index (χ4v) is 3.28. The molecule has 0 unspecified atom stereocenters. The lowest BCUT2D eigenvalue weighted by Crippen LogP contribution is -2.46. The first-order chi connectivity index (χ1) is 11.7. The van der Waals surface area contributed by atoms with Crippen LogP contribution in [0.2, 0.25) is 0 Å². The molecule has 1 fully saturated rings. The second-order valence-electron chi connectivity index (χ2n) is 6.98. The zero-order valence-corrected chi connectivity index (χ0v) is 15.4. The molecule has 0 aliphatic carbocycles. The normalized spacial score (nSPS) is 16.4. The van der Waals surface area contributed by atoms with E-state index in [1.54, 1.807) is 6.92 Å². The quantitative estimate of drug-likeness (QED) is 0.669. The average molecular weight is 332 g/mol. The van der Waals surface area contributed by atoms with E-state index in [4.69, 9.17) is 0 Å². The van der Waals surface area contributed by atoms with Crippen molar-refractivity contribution in [2.24, 2.45) is 0 Å². The monoisotopic (exact) mass is 331 g/mol. The summed E-state index contributed by atoms with van der Waals surface area (Å²) >= 11 is 0. The van der Waals surface area contributed by atoms with Crippen LogP contribution in [0.4, 0.5) is 0 Å². The Kier molecular flexibility index (Phi) is 8.43. The van der Waals surface area contributed by atoms with Crippen LogP contribution in [0.15, 0.2) is 24.3 Å². The summed E-state index contributed by atoms with van der Waals surface area (Å²) in [5.41, 5.74) is 2.75. The van der Waals surface area contributed by atoms with Gasteiger partial charge in [-0.2, -0.15) is 0 Å². The van der Waals surface area contributed by atoms with Crippen LogP contribution in [0.25, 0.3) is 0 Å². The van der Waals surface area contributed by atoms with Gasteiger partial charge in [-0.15, -0.1) is 0 Å². The van der Waals surface area contributed by atoms with Crippen molar-refractivity contribution in [2.75, 3.05) is 39.8 Å². The van der Waals surface area contributed by atoms with E-state index in [9.17, 15) is 4.79 Å². The third-order valence-corrected chi connectivity index (χ3v) is 4.78. The molecule has 1 heterocycles. The molecule has 0 radical (unpaired) electrons. The van der Waals surface area contributed by atoms with Gasteiger partial charge < -0.3 is 15.0 Å². The van der Waals surface area contributed by atoms with Gasteiger partial charge in [0.15, 0.2) is 0 Å². The van der Waals surface area contributed by atoms with Gasteiger partial charge in [-0.1, -0.05) is 30.7 Å². The number of ketones is 1. The van der Waals surface area contributed by atoms with Crippen molar-refractivity contribution in [3.63, 3.8) is 0 Å². The van der Waals surface area contributed by atoms with Crippen molar-refractivity contribution in [2.45, 2.75) is 45.7 Å². The predicted molar refractivity (Wildman–Crippen MR) is 100 cm³/mol. The highest BCUT2D eigenvalue weighted by atomic mass is 16.1. The number of carbonyl (C=O) groups is 1. The lowest BCUT2D eigenvalue weighted by molar-refractivity contribution is -0.117. The van der Waals surface area contributed by atoms with Crippen molar-refractivity contribution >= 4 is 5.78 Å². The van der Waals surface area contributed by atoms with E-state index in [-0.39, 0.29) is 0 Å². The summed E-state index contributed by atoms with van der Waals surface area (Å²) in [4.78, 5) is 16.1. The average Bonchev–Trinajstić information content (AvgIpc) is 2.58. The molecule has 1 aromatic rings. The van der Waals surface area contributed by atoms with E-state index in [0.717, 1.165) is 39.0 Å². The van der Waals surface area contributed by atoms with Gasteiger partial charge in [0.25, 0.3) is 0 Å². The van der Waals surface area contributed by atoms with Gasteiger partial charge >= 0.3 is 0 Å². The number of carbonyl (C=O) groups excluding carboxylic acids is 1. The molecule has 1 N–H and O–H groups in total. The fraction of sp³-hybridized carbons (Fsp3) is 0.650. The maximum atomic E-state index is 10.9. The molecule has 24 heavy (non-hydrogen) atoms. The lowest BCUT2D eigenvalue weighted by Gasteiger charge is -2.34. The smallest absolute Gasteiger partial charge is 0.129 e. The van der Waals surface area contributed by atoms with E-state index in [0.29, 0.717) is 5.78 Å². The van der Waals surface area contributed by atoms with Crippen LogP contribution in [-0.4, -0.2) is 55.4 Å². The first-order valence-corrected chi connectivity index (χ1v) is 9.34. The first-order valence-electron chi connectivity index (χ1n) is 9.34. The third-order valence-electron chi connectivity index (χ3n) is 4.78. The fourth-order valence-electron chi connectivity index (χ4n) is 3.28. The van der Waals surface area contributed by atoms with Crippen molar-refractivity contribution in [3.8, 4) is 0 Å². The largest absolute Gasteiger partial charge is 0.316 e. The second-order valence-corrected chi connectivity index (χ2v) is 6.98.